The number of sulfonamides is 1. The van der Waals surface area contributed by atoms with Crippen LogP contribution in [-0.2, 0) is 27.8 Å². The Hall–Kier alpha value is -3.16. The molecule has 0 aliphatic rings. The molecule has 1 atom stereocenters. The van der Waals surface area contributed by atoms with E-state index in [9.17, 15) is 13.2 Å². The van der Waals surface area contributed by atoms with E-state index in [1.54, 1.807) is 31.0 Å². The number of benzene rings is 3. The van der Waals surface area contributed by atoms with Gasteiger partial charge in [-0.25, -0.2) is 8.42 Å². The first-order chi connectivity index (χ1) is 15.8. The summed E-state index contributed by atoms with van der Waals surface area (Å²) in [5.41, 5.74) is 2.55. The van der Waals surface area contributed by atoms with Gasteiger partial charge in [-0.15, -0.1) is 0 Å². The zero-order valence-electron chi connectivity index (χ0n) is 19.2. The van der Waals surface area contributed by atoms with Crippen LogP contribution in [0.4, 0.5) is 0 Å². The van der Waals surface area contributed by atoms with E-state index in [-0.39, 0.29) is 17.2 Å². The number of carbonyl (C=O) groups excluding carboxylic acids is 1. The Morgan fingerprint density at radius 2 is 1.58 bits per heavy atom. The molecule has 0 aromatic heterocycles. The summed E-state index contributed by atoms with van der Waals surface area (Å²) < 4.78 is 34.6. The van der Waals surface area contributed by atoms with Crippen LogP contribution in [0.15, 0.2) is 83.8 Å². The van der Waals surface area contributed by atoms with E-state index in [0.29, 0.717) is 24.5 Å². The van der Waals surface area contributed by atoms with E-state index in [4.69, 9.17) is 4.74 Å². The van der Waals surface area contributed by atoms with E-state index < -0.39 is 16.1 Å². The maximum absolute atomic E-state index is 13.3. The molecule has 0 fully saturated rings. The van der Waals surface area contributed by atoms with Crippen LogP contribution < -0.4 is 9.46 Å². The smallest absolute Gasteiger partial charge is 0.241 e. The van der Waals surface area contributed by atoms with E-state index in [0.717, 1.165) is 11.1 Å². The number of ether oxygens (including phenoxy) is 1. The molecular formula is C26H30N2O4S. The highest BCUT2D eigenvalue weighted by Crippen LogP contribution is 2.22. The number of nitrogens with one attached hydrogen (secondary N) is 1. The van der Waals surface area contributed by atoms with Gasteiger partial charge < -0.3 is 9.64 Å². The molecule has 0 aliphatic carbocycles. The highest BCUT2D eigenvalue weighted by Gasteiger charge is 2.28. The second-order valence-corrected chi connectivity index (χ2v) is 9.62. The number of hydrogen-bond acceptors (Lipinski definition) is 4. The molecule has 0 saturated heterocycles. The first-order valence-electron chi connectivity index (χ1n) is 10.9. The molecule has 3 aromatic carbocycles. The number of nitrogens with zero attached hydrogens (tertiary/aromatic N) is 1. The van der Waals surface area contributed by atoms with Crippen LogP contribution in [0.2, 0.25) is 0 Å². The second kappa shape index (κ2) is 11.1. The fourth-order valence-corrected chi connectivity index (χ4v) is 4.87. The average Bonchev–Trinajstić information content (AvgIpc) is 2.80. The summed E-state index contributed by atoms with van der Waals surface area (Å²) >= 11 is 0. The van der Waals surface area contributed by atoms with Crippen molar-refractivity contribution in [3.8, 4) is 5.75 Å². The predicted octanol–water partition coefficient (Wildman–Crippen LogP) is 3.94. The summed E-state index contributed by atoms with van der Waals surface area (Å²) in [6.07, 6.45) is 0.244. The number of aryl methyl sites for hydroxylation is 1. The van der Waals surface area contributed by atoms with Crippen molar-refractivity contribution in [2.45, 2.75) is 37.8 Å². The molecule has 174 valence electrons. The van der Waals surface area contributed by atoms with E-state index in [1.807, 2.05) is 67.6 Å². The summed E-state index contributed by atoms with van der Waals surface area (Å²) in [6, 6.07) is 22.7. The standard InChI is InChI=1S/C26H30N2O4S/c1-4-32-25-16-15-23(17-20(25)2)33(30,31)27-24(18-21-11-7-5-8-12-21)26(29)28(3)19-22-13-9-6-10-14-22/h5-17,24,27H,4,18-19H2,1-3H3. The first-order valence-corrected chi connectivity index (χ1v) is 12.4. The van der Waals surface area contributed by atoms with Crippen LogP contribution in [-0.4, -0.2) is 38.9 Å². The molecule has 0 aliphatic heterocycles. The quantitative estimate of drug-likeness (QED) is 0.491. The molecule has 33 heavy (non-hydrogen) atoms. The minimum absolute atomic E-state index is 0.0972. The van der Waals surface area contributed by atoms with Crippen LogP contribution in [0.5, 0.6) is 5.75 Å². The van der Waals surface area contributed by atoms with Crippen molar-refractivity contribution in [2.75, 3.05) is 13.7 Å². The minimum atomic E-state index is -3.94. The van der Waals surface area contributed by atoms with Crippen molar-refractivity contribution in [3.05, 3.63) is 95.6 Å². The predicted molar refractivity (Wildman–Crippen MR) is 130 cm³/mol. The van der Waals surface area contributed by atoms with Crippen molar-refractivity contribution < 1.29 is 17.9 Å². The third-order valence-electron chi connectivity index (χ3n) is 5.27. The van der Waals surface area contributed by atoms with Gasteiger partial charge in [0.25, 0.3) is 0 Å². The minimum Gasteiger partial charge on any atom is -0.494 e. The van der Waals surface area contributed by atoms with E-state index in [1.165, 1.54) is 6.07 Å². The van der Waals surface area contributed by atoms with Gasteiger partial charge in [0.1, 0.15) is 11.8 Å². The number of carbonyl (C=O) groups is 1. The van der Waals surface area contributed by atoms with Gasteiger partial charge in [0.15, 0.2) is 0 Å². The van der Waals surface area contributed by atoms with E-state index in [2.05, 4.69) is 4.72 Å². The van der Waals surface area contributed by atoms with Gasteiger partial charge in [0, 0.05) is 13.6 Å². The fourth-order valence-electron chi connectivity index (χ4n) is 3.59. The topological polar surface area (TPSA) is 75.7 Å². The Morgan fingerprint density at radius 1 is 0.970 bits per heavy atom. The number of rotatable bonds is 10. The van der Waals surface area contributed by atoms with Crippen LogP contribution in [0.1, 0.15) is 23.6 Å². The van der Waals surface area contributed by atoms with Crippen molar-refractivity contribution >= 4 is 15.9 Å². The second-order valence-electron chi connectivity index (χ2n) is 7.90. The zero-order valence-corrected chi connectivity index (χ0v) is 20.0. The maximum atomic E-state index is 13.3. The Kier molecular flexibility index (Phi) is 8.25. The highest BCUT2D eigenvalue weighted by molar-refractivity contribution is 7.89. The van der Waals surface area contributed by atoms with Crippen molar-refractivity contribution in [1.29, 1.82) is 0 Å². The summed E-state index contributed by atoms with van der Waals surface area (Å²) in [4.78, 5) is 15.0. The van der Waals surface area contributed by atoms with Gasteiger partial charge in [-0.3, -0.25) is 4.79 Å². The Balaban J connectivity index is 1.85. The normalized spacial score (nSPS) is 12.2. The van der Waals surface area contributed by atoms with Gasteiger partial charge in [0.2, 0.25) is 15.9 Å². The maximum Gasteiger partial charge on any atom is 0.241 e. The third kappa shape index (κ3) is 6.66. The third-order valence-corrected chi connectivity index (χ3v) is 6.74. The number of likely N-dealkylation sites (N-methyl/N-ethyl adjacent to an activating group) is 1. The van der Waals surface area contributed by atoms with Crippen LogP contribution in [0.25, 0.3) is 0 Å². The lowest BCUT2D eigenvalue weighted by Gasteiger charge is -2.25. The molecule has 1 amide bonds. The Bertz CT molecular complexity index is 1170. The summed E-state index contributed by atoms with van der Waals surface area (Å²) in [5, 5.41) is 0. The number of amides is 1. The Labute approximate surface area is 196 Å². The number of hydrogen-bond donors (Lipinski definition) is 1. The van der Waals surface area contributed by atoms with Gasteiger partial charge in [-0.05, 0) is 55.2 Å². The van der Waals surface area contributed by atoms with Gasteiger partial charge >= 0.3 is 0 Å². The highest BCUT2D eigenvalue weighted by atomic mass is 32.2. The molecule has 7 heteroatoms. The van der Waals surface area contributed by atoms with Crippen molar-refractivity contribution in [3.63, 3.8) is 0 Å². The van der Waals surface area contributed by atoms with Crippen LogP contribution in [0, 0.1) is 6.92 Å². The summed E-state index contributed by atoms with van der Waals surface area (Å²) in [6.45, 7) is 4.54. The Morgan fingerprint density at radius 3 is 2.15 bits per heavy atom. The fraction of sp³-hybridized carbons (Fsp3) is 0.269. The summed E-state index contributed by atoms with van der Waals surface area (Å²) in [5.74, 6) is 0.338. The molecule has 1 unspecified atom stereocenters. The average molecular weight is 467 g/mol. The molecule has 0 saturated carbocycles. The van der Waals surface area contributed by atoms with Crippen molar-refractivity contribution in [2.24, 2.45) is 0 Å². The molecule has 0 radical (unpaired) electrons. The molecule has 0 spiro atoms. The molecule has 3 aromatic rings. The van der Waals surface area contributed by atoms with Gasteiger partial charge in [-0.2, -0.15) is 4.72 Å². The lowest BCUT2D eigenvalue weighted by molar-refractivity contribution is -0.132. The van der Waals surface area contributed by atoms with E-state index >= 15 is 0 Å². The lowest BCUT2D eigenvalue weighted by Crippen LogP contribution is -2.48. The molecular weight excluding hydrogens is 436 g/mol. The molecule has 0 heterocycles. The molecule has 1 N–H and O–H groups in total. The lowest BCUT2D eigenvalue weighted by atomic mass is 10.1. The van der Waals surface area contributed by atoms with Gasteiger partial charge in [-0.1, -0.05) is 60.7 Å². The molecule has 3 rings (SSSR count). The zero-order chi connectivity index (χ0) is 23.8. The SMILES string of the molecule is CCOc1ccc(S(=O)(=O)NC(Cc2ccccc2)C(=O)N(C)Cc2ccccc2)cc1C. The monoisotopic (exact) mass is 466 g/mol. The first kappa shape index (κ1) is 24.5. The van der Waals surface area contributed by atoms with Crippen LogP contribution >= 0.6 is 0 Å². The van der Waals surface area contributed by atoms with Crippen LogP contribution in [0.3, 0.4) is 0 Å². The summed E-state index contributed by atoms with van der Waals surface area (Å²) in [7, 11) is -2.26. The van der Waals surface area contributed by atoms with Gasteiger partial charge in [0.05, 0.1) is 11.5 Å². The van der Waals surface area contributed by atoms with Crippen molar-refractivity contribution in [1.82, 2.24) is 9.62 Å². The largest absolute Gasteiger partial charge is 0.494 e. The molecule has 6 nitrogen and oxygen atoms in total. The molecule has 0 bridgehead atoms.